The second-order valence-electron chi connectivity index (χ2n) is 6.22. The molecule has 3 aromatic heterocycles. The van der Waals surface area contributed by atoms with E-state index in [9.17, 15) is 22.8 Å². The van der Waals surface area contributed by atoms with Gasteiger partial charge >= 0.3 is 12.1 Å². The Bertz CT molecular complexity index is 1040. The molecule has 0 spiro atoms. The normalized spacial score (nSPS) is 11.4. The van der Waals surface area contributed by atoms with Crippen molar-refractivity contribution >= 4 is 23.1 Å². The van der Waals surface area contributed by atoms with E-state index in [1.807, 2.05) is 16.9 Å². The first-order valence-corrected chi connectivity index (χ1v) is 9.48. The lowest BCUT2D eigenvalue weighted by Crippen LogP contribution is -2.19. The minimum absolute atomic E-state index is 0.0181. The van der Waals surface area contributed by atoms with Gasteiger partial charge in [-0.05, 0) is 26.0 Å². The predicted octanol–water partition coefficient (Wildman–Crippen LogP) is 3.93. The number of ether oxygens (including phenoxy) is 2. The van der Waals surface area contributed by atoms with Crippen molar-refractivity contribution in [2.24, 2.45) is 0 Å². The van der Waals surface area contributed by atoms with E-state index in [-0.39, 0.29) is 11.4 Å². The lowest BCUT2D eigenvalue weighted by molar-refractivity contribution is -0.154. The number of hydrogen-bond donors (Lipinski definition) is 0. The molecule has 158 valence electrons. The van der Waals surface area contributed by atoms with Gasteiger partial charge in [-0.15, -0.1) is 11.3 Å². The number of thiazole rings is 1. The lowest BCUT2D eigenvalue weighted by Gasteiger charge is -2.09. The Morgan fingerprint density at radius 2 is 1.97 bits per heavy atom. The van der Waals surface area contributed by atoms with Crippen molar-refractivity contribution in [1.29, 1.82) is 0 Å². The lowest BCUT2D eigenvalue weighted by atomic mass is 10.1. The highest BCUT2D eigenvalue weighted by Gasteiger charge is 2.28. The molecule has 30 heavy (non-hydrogen) atoms. The molecule has 0 fully saturated rings. The molecular formula is C19H16F3N3O4S. The van der Waals surface area contributed by atoms with Gasteiger partial charge in [0.1, 0.15) is 0 Å². The van der Waals surface area contributed by atoms with Crippen LogP contribution in [-0.2, 0) is 4.74 Å². The standard InChI is InChI=1S/C19H16F3N3O4S/c1-11-7-14(12(2)25(11)18-23-5-6-30-18)15(26)9-28-17(27)13-3-4-16(24-8-13)29-10-19(20,21)22/h3-8H,9-10H2,1-2H3. The van der Waals surface area contributed by atoms with Crippen LogP contribution >= 0.6 is 11.3 Å². The molecule has 0 unspecified atom stereocenters. The van der Waals surface area contributed by atoms with Crippen molar-refractivity contribution in [2.45, 2.75) is 20.0 Å². The molecule has 3 aromatic rings. The fourth-order valence-electron chi connectivity index (χ4n) is 2.70. The van der Waals surface area contributed by atoms with Crippen molar-refractivity contribution < 1.29 is 32.2 Å². The molecule has 0 N–H and O–H groups in total. The van der Waals surface area contributed by atoms with Crippen molar-refractivity contribution in [3.8, 4) is 11.0 Å². The summed E-state index contributed by atoms with van der Waals surface area (Å²) in [6.07, 6.45) is -1.81. The van der Waals surface area contributed by atoms with Crippen molar-refractivity contribution in [1.82, 2.24) is 14.5 Å². The molecule has 0 atom stereocenters. The van der Waals surface area contributed by atoms with E-state index < -0.39 is 31.1 Å². The van der Waals surface area contributed by atoms with Gasteiger partial charge in [0.2, 0.25) is 11.7 Å². The predicted molar refractivity (Wildman–Crippen MR) is 101 cm³/mol. The largest absolute Gasteiger partial charge is 0.468 e. The molecule has 0 aliphatic carbocycles. The van der Waals surface area contributed by atoms with E-state index in [1.165, 1.54) is 17.4 Å². The topological polar surface area (TPSA) is 83.3 Å². The number of aromatic nitrogens is 3. The summed E-state index contributed by atoms with van der Waals surface area (Å²) < 4.78 is 47.7. The molecule has 0 bridgehead atoms. The molecule has 0 radical (unpaired) electrons. The maximum Gasteiger partial charge on any atom is 0.422 e. The van der Waals surface area contributed by atoms with Gasteiger partial charge in [-0.1, -0.05) is 0 Å². The summed E-state index contributed by atoms with van der Waals surface area (Å²) >= 11 is 1.43. The molecule has 7 nitrogen and oxygen atoms in total. The second kappa shape index (κ2) is 8.66. The fourth-order valence-corrected chi connectivity index (χ4v) is 3.45. The molecule has 11 heteroatoms. The Kier molecular flexibility index (Phi) is 6.20. The highest BCUT2D eigenvalue weighted by atomic mass is 32.1. The quantitative estimate of drug-likeness (QED) is 0.410. The smallest absolute Gasteiger partial charge is 0.422 e. The number of halogens is 3. The number of carbonyl (C=O) groups is 2. The van der Waals surface area contributed by atoms with Crippen molar-refractivity contribution in [2.75, 3.05) is 13.2 Å². The minimum atomic E-state index is -4.49. The number of alkyl halides is 3. The first kappa shape index (κ1) is 21.5. The van der Waals surface area contributed by atoms with Gasteiger partial charge in [0.25, 0.3) is 0 Å². The molecule has 0 amide bonds. The number of aryl methyl sites for hydroxylation is 1. The number of rotatable bonds is 7. The van der Waals surface area contributed by atoms with Crippen LogP contribution in [0.25, 0.3) is 5.13 Å². The Labute approximate surface area is 173 Å². The monoisotopic (exact) mass is 439 g/mol. The number of esters is 1. The molecule has 0 aliphatic rings. The summed E-state index contributed by atoms with van der Waals surface area (Å²) in [6, 6.07) is 4.02. The fraction of sp³-hybridized carbons (Fsp3) is 0.263. The number of pyridine rings is 1. The third kappa shape index (κ3) is 5.03. The van der Waals surface area contributed by atoms with Gasteiger partial charge in [-0.25, -0.2) is 14.8 Å². The number of Topliss-reactive ketones (excluding diaryl/α,β-unsaturated/α-hetero) is 1. The van der Waals surface area contributed by atoms with E-state index >= 15 is 0 Å². The summed E-state index contributed by atoms with van der Waals surface area (Å²) in [6.45, 7) is 1.63. The maximum atomic E-state index is 12.5. The van der Waals surface area contributed by atoms with Gasteiger partial charge in [0, 0.05) is 40.8 Å². The van der Waals surface area contributed by atoms with E-state index in [2.05, 4.69) is 14.7 Å². The molecule has 3 rings (SSSR count). The third-order valence-electron chi connectivity index (χ3n) is 4.03. The van der Waals surface area contributed by atoms with Crippen LogP contribution in [0.1, 0.15) is 32.1 Å². The third-order valence-corrected chi connectivity index (χ3v) is 4.79. The van der Waals surface area contributed by atoms with Crippen LogP contribution in [0.4, 0.5) is 13.2 Å². The summed E-state index contributed by atoms with van der Waals surface area (Å²) in [5.41, 5.74) is 1.88. The summed E-state index contributed by atoms with van der Waals surface area (Å²) in [4.78, 5) is 32.5. The zero-order chi connectivity index (χ0) is 21.9. The Hall–Kier alpha value is -3.21. The summed E-state index contributed by atoms with van der Waals surface area (Å²) in [5.74, 6) is -1.50. The molecule has 0 aromatic carbocycles. The van der Waals surface area contributed by atoms with Crippen LogP contribution in [0.3, 0.4) is 0 Å². The zero-order valence-electron chi connectivity index (χ0n) is 15.9. The van der Waals surface area contributed by atoms with E-state index in [1.54, 1.807) is 19.2 Å². The van der Waals surface area contributed by atoms with Crippen LogP contribution in [0.15, 0.2) is 36.0 Å². The number of carbonyl (C=O) groups excluding carboxylic acids is 2. The summed E-state index contributed by atoms with van der Waals surface area (Å²) in [5, 5.41) is 2.55. The Morgan fingerprint density at radius 1 is 1.20 bits per heavy atom. The number of nitrogens with zero attached hydrogens (tertiary/aromatic N) is 3. The van der Waals surface area contributed by atoms with Crippen molar-refractivity contribution in [3.63, 3.8) is 0 Å². The molecule has 0 aliphatic heterocycles. The van der Waals surface area contributed by atoms with Crippen LogP contribution in [0, 0.1) is 13.8 Å². The van der Waals surface area contributed by atoms with E-state index in [4.69, 9.17) is 4.74 Å². The maximum absolute atomic E-state index is 12.5. The minimum Gasteiger partial charge on any atom is -0.468 e. The van der Waals surface area contributed by atoms with Crippen molar-refractivity contribution in [3.05, 3.63) is 58.5 Å². The number of hydrogen-bond acceptors (Lipinski definition) is 7. The first-order valence-electron chi connectivity index (χ1n) is 8.60. The van der Waals surface area contributed by atoms with E-state index in [0.29, 0.717) is 11.3 Å². The average molecular weight is 439 g/mol. The summed E-state index contributed by atoms with van der Waals surface area (Å²) in [7, 11) is 0. The molecular weight excluding hydrogens is 423 g/mol. The zero-order valence-corrected chi connectivity index (χ0v) is 16.7. The van der Waals surface area contributed by atoms with Crippen LogP contribution < -0.4 is 4.74 Å². The van der Waals surface area contributed by atoms with Crippen LogP contribution in [-0.4, -0.2) is 45.7 Å². The highest BCUT2D eigenvalue weighted by molar-refractivity contribution is 7.12. The van der Waals surface area contributed by atoms with Gasteiger partial charge in [0.05, 0.1) is 5.56 Å². The van der Waals surface area contributed by atoms with Crippen LogP contribution in [0.2, 0.25) is 0 Å². The van der Waals surface area contributed by atoms with E-state index in [0.717, 1.165) is 23.1 Å². The van der Waals surface area contributed by atoms with Gasteiger partial charge in [-0.2, -0.15) is 13.2 Å². The Morgan fingerprint density at radius 3 is 2.57 bits per heavy atom. The molecule has 3 heterocycles. The van der Waals surface area contributed by atoms with Gasteiger partial charge < -0.3 is 9.47 Å². The Balaban J connectivity index is 1.61. The SMILES string of the molecule is Cc1cc(C(=O)COC(=O)c2ccc(OCC(F)(F)F)nc2)c(C)n1-c1nccs1. The molecule has 0 saturated heterocycles. The molecule has 0 saturated carbocycles. The van der Waals surface area contributed by atoms with Gasteiger partial charge in [0.15, 0.2) is 18.3 Å². The van der Waals surface area contributed by atoms with Gasteiger partial charge in [-0.3, -0.25) is 9.36 Å². The highest BCUT2D eigenvalue weighted by Crippen LogP contribution is 2.23. The van der Waals surface area contributed by atoms with Crippen LogP contribution in [0.5, 0.6) is 5.88 Å². The number of ketones is 1. The second-order valence-corrected chi connectivity index (χ2v) is 7.10. The first-order chi connectivity index (χ1) is 14.2. The average Bonchev–Trinajstić information content (AvgIpc) is 3.31.